The van der Waals surface area contributed by atoms with Gasteiger partial charge in [-0.2, -0.15) is 0 Å². The summed E-state index contributed by atoms with van der Waals surface area (Å²) in [5.74, 6) is -1.26. The molecule has 11 heteroatoms. The van der Waals surface area contributed by atoms with Gasteiger partial charge in [-0.05, 0) is 74.8 Å². The van der Waals surface area contributed by atoms with E-state index >= 15 is 0 Å². The molecule has 13 atom stereocenters. The van der Waals surface area contributed by atoms with Crippen molar-refractivity contribution in [3.05, 3.63) is 34.4 Å². The van der Waals surface area contributed by atoms with Crippen LogP contribution in [0, 0.1) is 22.7 Å². The first-order valence-electron chi connectivity index (χ1n) is 15.6. The zero-order valence-electron chi connectivity index (χ0n) is 25.0. The summed E-state index contributed by atoms with van der Waals surface area (Å²) in [7, 11) is 0. The maximum Gasteiger partial charge on any atom is 0.335 e. The summed E-state index contributed by atoms with van der Waals surface area (Å²) in [6.07, 6.45) is -0.169. The molecule has 0 aromatic carbocycles. The van der Waals surface area contributed by atoms with Crippen LogP contribution in [0.4, 0.5) is 0 Å². The Morgan fingerprint density at radius 3 is 2.47 bits per heavy atom. The maximum atomic E-state index is 13.3. The van der Waals surface area contributed by atoms with Crippen LogP contribution >= 0.6 is 0 Å². The molecule has 0 amide bonds. The summed E-state index contributed by atoms with van der Waals surface area (Å²) < 4.78 is 22.8. The van der Waals surface area contributed by atoms with Gasteiger partial charge in [0, 0.05) is 37.7 Å². The van der Waals surface area contributed by atoms with Gasteiger partial charge in [0.25, 0.3) is 0 Å². The van der Waals surface area contributed by atoms with Gasteiger partial charge >= 0.3 is 11.6 Å². The Hall–Kier alpha value is -2.15. The molecule has 1 aliphatic heterocycles. The van der Waals surface area contributed by atoms with Crippen LogP contribution in [0.25, 0.3) is 0 Å². The number of rotatable bonds is 5. The lowest BCUT2D eigenvalue weighted by Crippen LogP contribution is -2.71. The van der Waals surface area contributed by atoms with Crippen molar-refractivity contribution in [1.82, 2.24) is 0 Å². The molecule has 1 saturated heterocycles. The van der Waals surface area contributed by atoms with Crippen LogP contribution in [-0.4, -0.2) is 80.7 Å². The smallest absolute Gasteiger partial charge is 0.335 e. The van der Waals surface area contributed by atoms with Crippen molar-refractivity contribution >= 4 is 12.3 Å². The Balaban J connectivity index is 1.31. The molecular formula is C32H44O11. The van der Waals surface area contributed by atoms with E-state index in [9.17, 15) is 34.8 Å². The second-order valence-electron chi connectivity index (χ2n) is 14.1. The minimum absolute atomic E-state index is 0.000595. The third-order valence-corrected chi connectivity index (χ3v) is 12.1. The molecule has 5 fully saturated rings. The first-order valence-corrected chi connectivity index (χ1v) is 15.6. The predicted molar refractivity (Wildman–Crippen MR) is 150 cm³/mol. The lowest BCUT2D eigenvalue weighted by Gasteiger charge is -2.65. The van der Waals surface area contributed by atoms with E-state index in [-0.39, 0.29) is 49.5 Å². The summed E-state index contributed by atoms with van der Waals surface area (Å²) in [5.41, 5.74) is -4.02. The first kappa shape index (κ1) is 30.9. The Bertz CT molecular complexity index is 1280. The molecule has 2 heterocycles. The molecule has 5 aliphatic rings. The van der Waals surface area contributed by atoms with Crippen LogP contribution in [0.1, 0.15) is 90.0 Å². The monoisotopic (exact) mass is 604 g/mol. The van der Waals surface area contributed by atoms with Crippen molar-refractivity contribution < 1.29 is 48.6 Å². The SMILES string of the molecule is CC(=O)OC1CC2(C=O)C3CCC4(C)C(c5ccc(=O)oc5)CCC4(O)C3CCC2(O)CC1OC1OC(C)CC(O)C1O. The number of aliphatic hydroxyl groups is 4. The number of ether oxygens (including phenoxy) is 3. The van der Waals surface area contributed by atoms with E-state index in [2.05, 4.69) is 6.92 Å². The van der Waals surface area contributed by atoms with E-state index in [1.165, 1.54) is 19.3 Å². The fourth-order valence-electron chi connectivity index (χ4n) is 9.97. The molecule has 0 radical (unpaired) electrons. The molecule has 6 rings (SSSR count). The average molecular weight is 605 g/mol. The molecular weight excluding hydrogens is 560 g/mol. The number of fused-ring (bicyclic) bond motifs is 5. The zero-order valence-corrected chi connectivity index (χ0v) is 25.0. The van der Waals surface area contributed by atoms with Gasteiger partial charge in [0.2, 0.25) is 0 Å². The fourth-order valence-corrected chi connectivity index (χ4v) is 9.97. The Kier molecular flexibility index (Phi) is 7.70. The van der Waals surface area contributed by atoms with Crippen LogP contribution in [0.5, 0.6) is 0 Å². The lowest BCUT2D eigenvalue weighted by atomic mass is 9.41. The van der Waals surface area contributed by atoms with Gasteiger partial charge in [0.1, 0.15) is 24.6 Å². The highest BCUT2D eigenvalue weighted by molar-refractivity contribution is 5.67. The van der Waals surface area contributed by atoms with E-state index in [0.717, 1.165) is 11.8 Å². The Morgan fingerprint density at radius 1 is 1.05 bits per heavy atom. The van der Waals surface area contributed by atoms with E-state index in [1.807, 2.05) is 0 Å². The summed E-state index contributed by atoms with van der Waals surface area (Å²) in [6, 6.07) is 3.17. The zero-order chi connectivity index (χ0) is 30.9. The number of aldehydes is 1. The molecule has 13 unspecified atom stereocenters. The van der Waals surface area contributed by atoms with E-state index in [0.29, 0.717) is 32.1 Å². The number of esters is 1. The summed E-state index contributed by atoms with van der Waals surface area (Å²) in [4.78, 5) is 37.1. The van der Waals surface area contributed by atoms with Crippen LogP contribution in [-0.2, 0) is 23.8 Å². The van der Waals surface area contributed by atoms with E-state index in [4.69, 9.17) is 18.6 Å². The number of hydrogen-bond donors (Lipinski definition) is 4. The van der Waals surface area contributed by atoms with Crippen molar-refractivity contribution in [2.24, 2.45) is 22.7 Å². The number of hydrogen-bond acceptors (Lipinski definition) is 11. The summed E-state index contributed by atoms with van der Waals surface area (Å²) in [6.45, 7) is 5.11. The van der Waals surface area contributed by atoms with E-state index < -0.39 is 64.3 Å². The fraction of sp³-hybridized carbons (Fsp3) is 0.781. The van der Waals surface area contributed by atoms with Gasteiger partial charge in [0.05, 0.1) is 35.1 Å². The third kappa shape index (κ3) is 4.65. The minimum atomic E-state index is -1.51. The summed E-state index contributed by atoms with van der Waals surface area (Å²) in [5, 5.41) is 45.7. The van der Waals surface area contributed by atoms with Crippen molar-refractivity contribution in [3.8, 4) is 0 Å². The molecule has 1 aromatic rings. The topological polar surface area (TPSA) is 173 Å². The molecule has 4 saturated carbocycles. The van der Waals surface area contributed by atoms with E-state index in [1.54, 1.807) is 13.0 Å². The van der Waals surface area contributed by atoms with Gasteiger partial charge in [0.15, 0.2) is 6.29 Å². The Labute approximate surface area is 250 Å². The molecule has 238 valence electrons. The van der Waals surface area contributed by atoms with Crippen LogP contribution in [0.3, 0.4) is 0 Å². The molecule has 4 N–H and O–H groups in total. The van der Waals surface area contributed by atoms with Crippen molar-refractivity contribution in [3.63, 3.8) is 0 Å². The first-order chi connectivity index (χ1) is 20.3. The highest BCUT2D eigenvalue weighted by atomic mass is 16.7. The average Bonchev–Trinajstić information content (AvgIpc) is 3.23. The van der Waals surface area contributed by atoms with Crippen LogP contribution < -0.4 is 5.63 Å². The second kappa shape index (κ2) is 10.7. The number of carbonyl (C=O) groups excluding carboxylic acids is 2. The molecule has 0 bridgehead atoms. The van der Waals surface area contributed by atoms with Crippen molar-refractivity contribution in [2.45, 2.75) is 132 Å². The molecule has 0 spiro atoms. The van der Waals surface area contributed by atoms with Crippen molar-refractivity contribution in [2.75, 3.05) is 0 Å². The maximum absolute atomic E-state index is 13.3. The van der Waals surface area contributed by atoms with Crippen molar-refractivity contribution in [1.29, 1.82) is 0 Å². The lowest BCUT2D eigenvalue weighted by molar-refractivity contribution is -0.313. The van der Waals surface area contributed by atoms with Crippen LogP contribution in [0.15, 0.2) is 27.6 Å². The predicted octanol–water partition coefficient (Wildman–Crippen LogP) is 1.96. The van der Waals surface area contributed by atoms with Gasteiger partial charge < -0.3 is 43.8 Å². The normalized spacial score (nSPS) is 49.3. The molecule has 1 aromatic heterocycles. The standard InChI is InChI=1S/C32H44O11/c1-17-12-23(35)27(37)28(41-17)43-25-14-31(38)10-7-22-21(30(31,16-33)13-24(25)42-18(2)34)6-9-29(3)20(8-11-32(22,29)39)19-4-5-26(36)40-15-19/h4-5,15-17,20-25,27-28,35,37-39H,6-14H2,1-3H3. The molecule has 43 heavy (non-hydrogen) atoms. The van der Waals surface area contributed by atoms with Gasteiger partial charge in [-0.15, -0.1) is 0 Å². The summed E-state index contributed by atoms with van der Waals surface area (Å²) >= 11 is 0. The highest BCUT2D eigenvalue weighted by Crippen LogP contribution is 2.71. The van der Waals surface area contributed by atoms with Gasteiger partial charge in [-0.3, -0.25) is 4.79 Å². The molecule has 11 nitrogen and oxygen atoms in total. The molecule has 4 aliphatic carbocycles. The van der Waals surface area contributed by atoms with Crippen LogP contribution in [0.2, 0.25) is 0 Å². The van der Waals surface area contributed by atoms with Gasteiger partial charge in [-0.1, -0.05) is 6.92 Å². The highest BCUT2D eigenvalue weighted by Gasteiger charge is 2.72. The number of aliphatic hydroxyl groups excluding tert-OH is 2. The minimum Gasteiger partial charge on any atom is -0.460 e. The quantitative estimate of drug-likeness (QED) is 0.220. The largest absolute Gasteiger partial charge is 0.460 e. The third-order valence-electron chi connectivity index (χ3n) is 12.1. The Morgan fingerprint density at radius 2 is 1.79 bits per heavy atom. The van der Waals surface area contributed by atoms with Gasteiger partial charge in [-0.25, -0.2) is 4.79 Å². The second-order valence-corrected chi connectivity index (χ2v) is 14.1. The number of carbonyl (C=O) groups is 2.